The Kier molecular flexibility index (Phi) is 4.68. The zero-order chi connectivity index (χ0) is 16.1. The second kappa shape index (κ2) is 6.67. The largest absolute Gasteiger partial charge is 0.508 e. The average Bonchev–Trinajstić information content (AvgIpc) is 2.53. The molecule has 2 aromatic rings. The van der Waals surface area contributed by atoms with E-state index in [4.69, 9.17) is 9.47 Å². The summed E-state index contributed by atoms with van der Waals surface area (Å²) in [5, 5.41) is 18.7. The predicted octanol–water partition coefficient (Wildman–Crippen LogP) is 3.03. The van der Waals surface area contributed by atoms with Gasteiger partial charge in [0.2, 0.25) is 0 Å². The maximum atomic E-state index is 11.5. The molecule has 2 rings (SSSR count). The molecule has 0 atom stereocenters. The van der Waals surface area contributed by atoms with Gasteiger partial charge in [0.05, 0.1) is 19.8 Å². The number of aromatic hydroxyl groups is 1. The molecule has 0 aromatic heterocycles. The van der Waals surface area contributed by atoms with E-state index in [9.17, 15) is 15.0 Å². The minimum Gasteiger partial charge on any atom is -0.508 e. The van der Waals surface area contributed by atoms with Crippen molar-refractivity contribution in [1.29, 1.82) is 0 Å². The number of carboxylic acid groups (broad SMARTS) is 1. The number of hydrogen-bond acceptors (Lipinski definition) is 4. The second-order valence-corrected chi connectivity index (χ2v) is 4.56. The molecule has 0 bridgehead atoms. The Balaban J connectivity index is 2.50. The van der Waals surface area contributed by atoms with Crippen molar-refractivity contribution in [3.8, 4) is 17.2 Å². The SMILES string of the molecule is COc1cc(/C=C(\C(=O)O)c2ccc(O)cc2)cc(OC)c1. The van der Waals surface area contributed by atoms with E-state index in [0.29, 0.717) is 22.6 Å². The molecule has 0 aliphatic carbocycles. The molecule has 22 heavy (non-hydrogen) atoms. The minimum absolute atomic E-state index is 0.0801. The molecule has 0 aliphatic rings. The van der Waals surface area contributed by atoms with Crippen LogP contribution in [0.25, 0.3) is 11.6 Å². The third kappa shape index (κ3) is 3.58. The lowest BCUT2D eigenvalue weighted by Gasteiger charge is -2.08. The third-order valence-corrected chi connectivity index (χ3v) is 3.09. The Labute approximate surface area is 128 Å². The lowest BCUT2D eigenvalue weighted by Crippen LogP contribution is -1.99. The van der Waals surface area contributed by atoms with E-state index in [2.05, 4.69) is 0 Å². The maximum Gasteiger partial charge on any atom is 0.336 e. The Hall–Kier alpha value is -2.95. The molecule has 0 heterocycles. The fourth-order valence-corrected chi connectivity index (χ4v) is 1.99. The number of phenols is 1. The average molecular weight is 300 g/mol. The summed E-state index contributed by atoms with van der Waals surface area (Å²) in [7, 11) is 3.06. The Morgan fingerprint density at radius 2 is 1.55 bits per heavy atom. The van der Waals surface area contributed by atoms with E-state index >= 15 is 0 Å². The molecule has 114 valence electrons. The molecule has 5 heteroatoms. The highest BCUT2D eigenvalue weighted by Crippen LogP contribution is 2.27. The van der Waals surface area contributed by atoms with Gasteiger partial charge in [-0.05, 0) is 41.5 Å². The first kappa shape index (κ1) is 15.4. The number of aliphatic carboxylic acids is 1. The first-order chi connectivity index (χ1) is 10.5. The van der Waals surface area contributed by atoms with Crippen LogP contribution in [-0.4, -0.2) is 30.4 Å². The van der Waals surface area contributed by atoms with Crippen molar-refractivity contribution < 1.29 is 24.5 Å². The van der Waals surface area contributed by atoms with Gasteiger partial charge < -0.3 is 19.7 Å². The van der Waals surface area contributed by atoms with Crippen molar-refractivity contribution in [2.75, 3.05) is 14.2 Å². The molecule has 0 fully saturated rings. The van der Waals surface area contributed by atoms with E-state index in [-0.39, 0.29) is 11.3 Å². The predicted molar refractivity (Wildman–Crippen MR) is 83.2 cm³/mol. The van der Waals surface area contributed by atoms with Gasteiger partial charge in [0.1, 0.15) is 17.2 Å². The van der Waals surface area contributed by atoms with E-state index in [0.717, 1.165) is 0 Å². The van der Waals surface area contributed by atoms with Crippen molar-refractivity contribution in [2.24, 2.45) is 0 Å². The Bertz CT molecular complexity index is 679. The molecule has 0 aliphatic heterocycles. The van der Waals surface area contributed by atoms with Crippen molar-refractivity contribution in [3.63, 3.8) is 0 Å². The van der Waals surface area contributed by atoms with Gasteiger partial charge in [0.25, 0.3) is 0 Å². The molecule has 0 amide bonds. The fourth-order valence-electron chi connectivity index (χ4n) is 1.99. The van der Waals surface area contributed by atoms with Gasteiger partial charge in [-0.3, -0.25) is 0 Å². The Morgan fingerprint density at radius 3 is 2.00 bits per heavy atom. The summed E-state index contributed by atoms with van der Waals surface area (Å²) in [4.78, 5) is 11.5. The number of benzene rings is 2. The summed E-state index contributed by atoms with van der Waals surface area (Å²) in [6.07, 6.45) is 1.53. The standard InChI is InChI=1S/C17H16O5/c1-21-14-7-11(8-15(10-14)22-2)9-16(17(19)20)12-3-5-13(18)6-4-12/h3-10,18H,1-2H3,(H,19,20)/b16-9-. The van der Waals surface area contributed by atoms with Gasteiger partial charge in [-0.1, -0.05) is 12.1 Å². The summed E-state index contributed by atoms with van der Waals surface area (Å²) in [5.41, 5.74) is 1.24. The van der Waals surface area contributed by atoms with Crippen LogP contribution in [0.5, 0.6) is 17.2 Å². The molecule has 0 saturated carbocycles. The lowest BCUT2D eigenvalue weighted by atomic mass is 10.0. The fraction of sp³-hybridized carbons (Fsp3) is 0.118. The molecule has 0 spiro atoms. The number of rotatable bonds is 5. The van der Waals surface area contributed by atoms with Crippen molar-refractivity contribution in [1.82, 2.24) is 0 Å². The number of ether oxygens (including phenoxy) is 2. The van der Waals surface area contributed by atoms with E-state index in [1.807, 2.05) is 0 Å². The summed E-state index contributed by atoms with van der Waals surface area (Å²) >= 11 is 0. The van der Waals surface area contributed by atoms with Crippen LogP contribution < -0.4 is 9.47 Å². The highest BCUT2D eigenvalue weighted by Gasteiger charge is 2.11. The number of carboxylic acids is 1. The van der Waals surface area contributed by atoms with Crippen LogP contribution in [0.4, 0.5) is 0 Å². The molecule has 2 N–H and O–H groups in total. The molecule has 0 saturated heterocycles. The number of hydrogen-bond donors (Lipinski definition) is 2. The smallest absolute Gasteiger partial charge is 0.336 e. The monoisotopic (exact) mass is 300 g/mol. The summed E-state index contributed by atoms with van der Waals surface area (Å²) in [6, 6.07) is 11.1. The summed E-state index contributed by atoms with van der Waals surface area (Å²) < 4.78 is 10.3. The van der Waals surface area contributed by atoms with Crippen LogP contribution >= 0.6 is 0 Å². The van der Waals surface area contributed by atoms with Gasteiger partial charge >= 0.3 is 5.97 Å². The highest BCUT2D eigenvalue weighted by molar-refractivity contribution is 6.20. The molecular formula is C17H16O5. The van der Waals surface area contributed by atoms with Crippen molar-refractivity contribution in [2.45, 2.75) is 0 Å². The van der Waals surface area contributed by atoms with Crippen molar-refractivity contribution >= 4 is 17.6 Å². The van der Waals surface area contributed by atoms with Gasteiger partial charge in [0.15, 0.2) is 0 Å². The van der Waals surface area contributed by atoms with Crippen LogP contribution in [0.1, 0.15) is 11.1 Å². The second-order valence-electron chi connectivity index (χ2n) is 4.56. The first-order valence-electron chi connectivity index (χ1n) is 6.51. The number of methoxy groups -OCH3 is 2. The summed E-state index contributed by atoms with van der Waals surface area (Å²) in [6.45, 7) is 0. The molecule has 0 radical (unpaired) electrons. The van der Waals surface area contributed by atoms with E-state index in [1.165, 1.54) is 32.4 Å². The van der Waals surface area contributed by atoms with Crippen LogP contribution in [0.2, 0.25) is 0 Å². The Morgan fingerprint density at radius 1 is 1.00 bits per heavy atom. The van der Waals surface area contributed by atoms with Crippen LogP contribution in [0.3, 0.4) is 0 Å². The summed E-state index contributed by atoms with van der Waals surface area (Å²) in [5.74, 6) is 0.158. The van der Waals surface area contributed by atoms with Gasteiger partial charge in [-0.2, -0.15) is 0 Å². The quantitative estimate of drug-likeness (QED) is 0.655. The topological polar surface area (TPSA) is 76.0 Å². The lowest BCUT2D eigenvalue weighted by molar-refractivity contribution is -0.130. The molecule has 0 unspecified atom stereocenters. The number of carbonyl (C=O) groups is 1. The van der Waals surface area contributed by atoms with E-state index in [1.54, 1.807) is 30.3 Å². The highest BCUT2D eigenvalue weighted by atomic mass is 16.5. The zero-order valence-electron chi connectivity index (χ0n) is 12.2. The molecular weight excluding hydrogens is 284 g/mol. The van der Waals surface area contributed by atoms with Gasteiger partial charge in [-0.25, -0.2) is 4.79 Å². The van der Waals surface area contributed by atoms with Crippen molar-refractivity contribution in [3.05, 3.63) is 53.6 Å². The van der Waals surface area contributed by atoms with Crippen LogP contribution in [-0.2, 0) is 4.79 Å². The maximum absolute atomic E-state index is 11.5. The van der Waals surface area contributed by atoms with Gasteiger partial charge in [0, 0.05) is 6.07 Å². The minimum atomic E-state index is -1.06. The normalized spacial score (nSPS) is 11.1. The molecule has 5 nitrogen and oxygen atoms in total. The van der Waals surface area contributed by atoms with Crippen LogP contribution in [0.15, 0.2) is 42.5 Å². The number of phenolic OH excluding ortho intramolecular Hbond substituents is 1. The zero-order valence-corrected chi connectivity index (χ0v) is 12.2. The van der Waals surface area contributed by atoms with Crippen LogP contribution in [0, 0.1) is 0 Å². The first-order valence-corrected chi connectivity index (χ1v) is 6.51. The van der Waals surface area contributed by atoms with E-state index < -0.39 is 5.97 Å². The third-order valence-electron chi connectivity index (χ3n) is 3.09. The molecule has 2 aromatic carbocycles. The van der Waals surface area contributed by atoms with Gasteiger partial charge in [-0.15, -0.1) is 0 Å².